The van der Waals surface area contributed by atoms with Gasteiger partial charge in [-0.3, -0.25) is 9.89 Å². The van der Waals surface area contributed by atoms with E-state index < -0.39 is 0 Å². The van der Waals surface area contributed by atoms with Crippen LogP contribution in [0.1, 0.15) is 6.42 Å². The van der Waals surface area contributed by atoms with Gasteiger partial charge in [0.1, 0.15) is 0 Å². The maximum atomic E-state index is 6.02. The van der Waals surface area contributed by atoms with Gasteiger partial charge in [-0.25, -0.2) is 0 Å². The zero-order chi connectivity index (χ0) is 11.7. The van der Waals surface area contributed by atoms with Gasteiger partial charge in [0.15, 0.2) is 0 Å². The maximum Gasteiger partial charge on any atom is 0.0691 e. The van der Waals surface area contributed by atoms with Crippen LogP contribution in [0.2, 0.25) is 0 Å². The van der Waals surface area contributed by atoms with E-state index in [1.165, 1.54) is 5.70 Å². The Morgan fingerprint density at radius 2 is 2.29 bits per heavy atom. The second kappa shape index (κ2) is 4.66. The molecule has 0 unspecified atom stereocenters. The summed E-state index contributed by atoms with van der Waals surface area (Å²) >= 11 is 0. The average molecular weight is 236 g/mol. The van der Waals surface area contributed by atoms with E-state index in [0.717, 1.165) is 58.1 Å². The molecule has 3 heterocycles. The summed E-state index contributed by atoms with van der Waals surface area (Å²) in [5.74, 6) is 0. The number of fused-ring (bicyclic) bond motifs is 1. The van der Waals surface area contributed by atoms with Crippen LogP contribution in [0.5, 0.6) is 0 Å². The molecule has 17 heavy (non-hydrogen) atoms. The number of nitrogens with two attached hydrogens (primary N) is 1. The lowest BCUT2D eigenvalue weighted by atomic mass is 10.1. The maximum absolute atomic E-state index is 6.02. The van der Waals surface area contributed by atoms with E-state index in [2.05, 4.69) is 14.8 Å². The van der Waals surface area contributed by atoms with Crippen molar-refractivity contribution in [3.05, 3.63) is 11.4 Å². The van der Waals surface area contributed by atoms with E-state index in [1.54, 1.807) is 0 Å². The van der Waals surface area contributed by atoms with Crippen molar-refractivity contribution in [1.29, 1.82) is 0 Å². The van der Waals surface area contributed by atoms with Crippen molar-refractivity contribution in [3.63, 3.8) is 0 Å². The predicted molar refractivity (Wildman–Crippen MR) is 66.9 cm³/mol. The molecule has 3 aliphatic rings. The fourth-order valence-corrected chi connectivity index (χ4v) is 2.88. The van der Waals surface area contributed by atoms with Crippen molar-refractivity contribution < 1.29 is 4.74 Å². The van der Waals surface area contributed by atoms with E-state index in [-0.39, 0.29) is 0 Å². The third kappa shape index (κ3) is 2.17. The Balaban J connectivity index is 1.71. The average Bonchev–Trinajstić information content (AvgIpc) is 2.39. The molecule has 0 aliphatic carbocycles. The van der Waals surface area contributed by atoms with Crippen LogP contribution in [0, 0.1) is 0 Å². The molecule has 3 aliphatic heterocycles. The molecule has 0 aromatic carbocycles. The monoisotopic (exact) mass is 236 g/mol. The number of piperazine rings is 1. The first kappa shape index (κ1) is 11.0. The van der Waals surface area contributed by atoms with E-state index in [1.807, 2.05) is 6.21 Å². The Morgan fingerprint density at radius 1 is 1.35 bits per heavy atom. The highest BCUT2D eigenvalue weighted by atomic mass is 16.5. The largest absolute Gasteiger partial charge is 0.396 e. The molecule has 0 aromatic rings. The van der Waals surface area contributed by atoms with Gasteiger partial charge in [0.2, 0.25) is 0 Å². The molecule has 2 N–H and O–H groups in total. The van der Waals surface area contributed by atoms with Crippen LogP contribution < -0.4 is 5.73 Å². The first-order valence-electron chi connectivity index (χ1n) is 6.40. The number of morpholine rings is 1. The molecule has 0 aromatic heterocycles. The highest BCUT2D eigenvalue weighted by Gasteiger charge is 2.30. The standard InChI is InChI=1S/C12H20N4O/c13-11-7-14-2-1-12(11)16-4-3-15-5-6-17-9-10(15)8-16/h7,10H,1-6,8-9,13H2/t10-/m1/s1. The van der Waals surface area contributed by atoms with Crippen LogP contribution >= 0.6 is 0 Å². The summed E-state index contributed by atoms with van der Waals surface area (Å²) in [6.45, 7) is 6.95. The van der Waals surface area contributed by atoms with Gasteiger partial charge in [-0.1, -0.05) is 0 Å². The molecule has 0 spiro atoms. The first-order valence-corrected chi connectivity index (χ1v) is 6.40. The first-order chi connectivity index (χ1) is 8.34. The van der Waals surface area contributed by atoms with Crippen molar-refractivity contribution in [2.75, 3.05) is 45.9 Å². The molecule has 3 rings (SSSR count). The zero-order valence-electron chi connectivity index (χ0n) is 10.1. The number of dihydropyridines is 1. The number of hydrogen-bond donors (Lipinski definition) is 1. The predicted octanol–water partition coefficient (Wildman–Crippen LogP) is -0.352. The number of aliphatic imine (C=N–C) groups is 1. The molecular formula is C12H20N4O. The van der Waals surface area contributed by atoms with E-state index in [0.29, 0.717) is 6.04 Å². The molecule has 2 fully saturated rings. The third-order valence-electron chi connectivity index (χ3n) is 3.86. The Morgan fingerprint density at radius 3 is 3.18 bits per heavy atom. The van der Waals surface area contributed by atoms with Crippen molar-refractivity contribution in [2.24, 2.45) is 10.7 Å². The molecule has 0 bridgehead atoms. The van der Waals surface area contributed by atoms with Crippen LogP contribution in [0.15, 0.2) is 16.4 Å². The number of allylic oxidation sites excluding steroid dienone is 1. The smallest absolute Gasteiger partial charge is 0.0691 e. The number of hydrogen-bond acceptors (Lipinski definition) is 5. The fraction of sp³-hybridized carbons (Fsp3) is 0.750. The van der Waals surface area contributed by atoms with E-state index in [9.17, 15) is 0 Å². The van der Waals surface area contributed by atoms with Gasteiger partial charge >= 0.3 is 0 Å². The summed E-state index contributed by atoms with van der Waals surface area (Å²) in [6.07, 6.45) is 2.79. The Hall–Kier alpha value is -1.07. The second-order valence-electron chi connectivity index (χ2n) is 4.90. The topological polar surface area (TPSA) is 54.1 Å². The van der Waals surface area contributed by atoms with Gasteiger partial charge in [0.25, 0.3) is 0 Å². The van der Waals surface area contributed by atoms with E-state index in [4.69, 9.17) is 10.5 Å². The van der Waals surface area contributed by atoms with Gasteiger partial charge < -0.3 is 15.4 Å². The van der Waals surface area contributed by atoms with Gasteiger partial charge in [0.05, 0.1) is 25.0 Å². The van der Waals surface area contributed by atoms with E-state index >= 15 is 0 Å². The van der Waals surface area contributed by atoms with Crippen molar-refractivity contribution in [3.8, 4) is 0 Å². The summed E-state index contributed by atoms with van der Waals surface area (Å²) in [5.41, 5.74) is 8.15. The zero-order valence-corrected chi connectivity index (χ0v) is 10.1. The SMILES string of the molecule is NC1=C(N2CCN3CCOC[C@H]3C2)CCN=C1. The second-order valence-corrected chi connectivity index (χ2v) is 4.90. The van der Waals surface area contributed by atoms with Crippen molar-refractivity contribution in [1.82, 2.24) is 9.80 Å². The number of rotatable bonds is 1. The van der Waals surface area contributed by atoms with Crippen LogP contribution in [0.25, 0.3) is 0 Å². The Labute approximate surface area is 102 Å². The molecule has 5 nitrogen and oxygen atoms in total. The molecule has 94 valence electrons. The minimum atomic E-state index is 0.539. The summed E-state index contributed by atoms with van der Waals surface area (Å²) in [6, 6.07) is 0.539. The molecule has 0 radical (unpaired) electrons. The lowest BCUT2D eigenvalue weighted by molar-refractivity contribution is -0.0389. The molecule has 5 heteroatoms. The summed E-state index contributed by atoms with van der Waals surface area (Å²) in [5, 5.41) is 0. The minimum Gasteiger partial charge on any atom is -0.396 e. The van der Waals surface area contributed by atoms with Crippen LogP contribution in [0.3, 0.4) is 0 Å². The molecule has 0 amide bonds. The van der Waals surface area contributed by atoms with Crippen LogP contribution in [-0.2, 0) is 4.74 Å². The van der Waals surface area contributed by atoms with Gasteiger partial charge in [0, 0.05) is 51.1 Å². The lowest BCUT2D eigenvalue weighted by Gasteiger charge is -2.45. The highest BCUT2D eigenvalue weighted by Crippen LogP contribution is 2.21. The van der Waals surface area contributed by atoms with Gasteiger partial charge in [-0.15, -0.1) is 0 Å². The Bertz CT molecular complexity index is 352. The number of ether oxygens (including phenoxy) is 1. The van der Waals surface area contributed by atoms with Gasteiger partial charge in [-0.05, 0) is 0 Å². The fourth-order valence-electron chi connectivity index (χ4n) is 2.88. The summed E-state index contributed by atoms with van der Waals surface area (Å²) in [4.78, 5) is 9.18. The van der Waals surface area contributed by atoms with Gasteiger partial charge in [-0.2, -0.15) is 0 Å². The molecule has 1 atom stereocenters. The molecule has 2 saturated heterocycles. The summed E-state index contributed by atoms with van der Waals surface area (Å²) in [7, 11) is 0. The van der Waals surface area contributed by atoms with Crippen molar-refractivity contribution >= 4 is 6.21 Å². The van der Waals surface area contributed by atoms with Crippen LogP contribution in [0.4, 0.5) is 0 Å². The normalized spacial score (nSPS) is 30.6. The Kier molecular flexibility index (Phi) is 3.03. The third-order valence-corrected chi connectivity index (χ3v) is 3.86. The van der Waals surface area contributed by atoms with Crippen LogP contribution in [-0.4, -0.2) is 68.0 Å². The highest BCUT2D eigenvalue weighted by molar-refractivity contribution is 5.79. The minimum absolute atomic E-state index is 0.539. The lowest BCUT2D eigenvalue weighted by Crippen LogP contribution is -2.57. The van der Waals surface area contributed by atoms with Crippen molar-refractivity contribution in [2.45, 2.75) is 12.5 Å². The summed E-state index contributed by atoms with van der Waals surface area (Å²) < 4.78 is 5.56. The molecule has 0 saturated carbocycles. The number of nitrogens with zero attached hydrogens (tertiary/aromatic N) is 3. The quantitative estimate of drug-likeness (QED) is 0.676. The molecular weight excluding hydrogens is 216 g/mol.